The van der Waals surface area contributed by atoms with E-state index in [2.05, 4.69) is 34.3 Å². The first-order valence-electron chi connectivity index (χ1n) is 6.27. The zero-order valence-corrected chi connectivity index (χ0v) is 10.6. The molecule has 1 unspecified atom stereocenters. The first-order valence-corrected chi connectivity index (χ1v) is 6.27. The van der Waals surface area contributed by atoms with Crippen LogP contribution >= 0.6 is 0 Å². The van der Waals surface area contributed by atoms with E-state index in [9.17, 15) is 0 Å². The normalized spacial score (nSPS) is 18.8. The molecular formula is C13H21N3O. The molecule has 1 aliphatic rings. The van der Waals surface area contributed by atoms with E-state index in [1.54, 1.807) is 0 Å². The lowest BCUT2D eigenvalue weighted by Gasteiger charge is -2.22. The number of hydrogen-bond donors (Lipinski definition) is 1. The Balaban J connectivity index is 2.05. The molecule has 4 heteroatoms. The van der Waals surface area contributed by atoms with E-state index in [0.717, 1.165) is 38.4 Å². The molecule has 1 saturated heterocycles. The number of pyridine rings is 1. The minimum Gasteiger partial charge on any atom is -0.380 e. The van der Waals surface area contributed by atoms with Crippen molar-refractivity contribution in [2.24, 2.45) is 0 Å². The summed E-state index contributed by atoms with van der Waals surface area (Å²) in [5.41, 5.74) is 2.28. The van der Waals surface area contributed by atoms with E-state index >= 15 is 0 Å². The van der Waals surface area contributed by atoms with Crippen LogP contribution in [0.4, 0.5) is 5.69 Å². The van der Waals surface area contributed by atoms with Crippen LogP contribution in [0.5, 0.6) is 0 Å². The third-order valence-electron chi connectivity index (χ3n) is 3.23. The number of nitrogens with zero attached hydrogens (tertiary/aromatic N) is 2. The summed E-state index contributed by atoms with van der Waals surface area (Å²) in [6.45, 7) is 5.82. The average molecular weight is 235 g/mol. The third-order valence-corrected chi connectivity index (χ3v) is 3.23. The molecule has 0 bridgehead atoms. The summed E-state index contributed by atoms with van der Waals surface area (Å²) in [5.74, 6) is 0. The van der Waals surface area contributed by atoms with Gasteiger partial charge in [-0.25, -0.2) is 0 Å². The molecule has 0 aromatic carbocycles. The van der Waals surface area contributed by atoms with Crippen LogP contribution in [0.25, 0.3) is 0 Å². The molecule has 0 aliphatic carbocycles. The molecule has 1 fully saturated rings. The zero-order valence-electron chi connectivity index (χ0n) is 10.6. The van der Waals surface area contributed by atoms with Gasteiger partial charge in [-0.1, -0.05) is 0 Å². The van der Waals surface area contributed by atoms with E-state index in [0.29, 0.717) is 6.04 Å². The molecule has 17 heavy (non-hydrogen) atoms. The highest BCUT2D eigenvalue weighted by atomic mass is 16.5. The van der Waals surface area contributed by atoms with Gasteiger partial charge in [0.25, 0.3) is 0 Å². The maximum Gasteiger partial charge on any atom is 0.0641 e. The molecule has 1 N–H and O–H groups in total. The van der Waals surface area contributed by atoms with Crippen LogP contribution in [0.1, 0.15) is 25.1 Å². The second-order valence-corrected chi connectivity index (χ2v) is 4.40. The van der Waals surface area contributed by atoms with Crippen LogP contribution in [0.2, 0.25) is 0 Å². The van der Waals surface area contributed by atoms with Crippen LogP contribution in [-0.2, 0) is 4.74 Å². The van der Waals surface area contributed by atoms with Gasteiger partial charge in [0.2, 0.25) is 0 Å². The van der Waals surface area contributed by atoms with Gasteiger partial charge in [0, 0.05) is 25.7 Å². The largest absolute Gasteiger partial charge is 0.380 e. The SMILES string of the molecule is CNC(C)c1ccc(N2CCCOCC2)cn1. The van der Waals surface area contributed by atoms with Gasteiger partial charge in [0.1, 0.15) is 0 Å². The highest BCUT2D eigenvalue weighted by Crippen LogP contribution is 2.17. The summed E-state index contributed by atoms with van der Waals surface area (Å²) in [5, 5.41) is 3.19. The lowest BCUT2D eigenvalue weighted by atomic mass is 10.2. The number of aromatic nitrogens is 1. The molecule has 2 heterocycles. The van der Waals surface area contributed by atoms with Gasteiger partial charge < -0.3 is 15.0 Å². The standard InChI is InChI=1S/C13H21N3O/c1-11(14-2)13-5-4-12(10-15-13)16-6-3-8-17-9-7-16/h4-5,10-11,14H,3,6-9H2,1-2H3. The second kappa shape index (κ2) is 5.98. The quantitative estimate of drug-likeness (QED) is 0.863. The zero-order chi connectivity index (χ0) is 12.1. The molecule has 0 amide bonds. The Bertz CT molecular complexity index is 331. The van der Waals surface area contributed by atoms with Gasteiger partial charge in [0.05, 0.1) is 24.2 Å². The maximum absolute atomic E-state index is 5.45. The van der Waals surface area contributed by atoms with Crippen molar-refractivity contribution < 1.29 is 4.74 Å². The van der Waals surface area contributed by atoms with Gasteiger partial charge in [-0.3, -0.25) is 4.98 Å². The number of ether oxygens (including phenoxy) is 1. The Morgan fingerprint density at radius 1 is 1.35 bits per heavy atom. The van der Waals surface area contributed by atoms with Crippen molar-refractivity contribution in [3.8, 4) is 0 Å². The molecule has 4 nitrogen and oxygen atoms in total. The molecule has 1 atom stereocenters. The van der Waals surface area contributed by atoms with E-state index in [-0.39, 0.29) is 0 Å². The summed E-state index contributed by atoms with van der Waals surface area (Å²) in [4.78, 5) is 6.85. The van der Waals surface area contributed by atoms with Gasteiger partial charge in [-0.05, 0) is 32.5 Å². The molecule has 1 aliphatic heterocycles. The van der Waals surface area contributed by atoms with Crippen molar-refractivity contribution in [1.82, 2.24) is 10.3 Å². The van der Waals surface area contributed by atoms with Crippen molar-refractivity contribution in [2.45, 2.75) is 19.4 Å². The molecule has 1 aromatic heterocycles. The minimum absolute atomic E-state index is 0.302. The molecular weight excluding hydrogens is 214 g/mol. The third kappa shape index (κ3) is 3.17. The van der Waals surface area contributed by atoms with Crippen LogP contribution in [0, 0.1) is 0 Å². The number of rotatable bonds is 3. The molecule has 0 spiro atoms. The van der Waals surface area contributed by atoms with Crippen LogP contribution in [-0.4, -0.2) is 38.3 Å². The second-order valence-electron chi connectivity index (χ2n) is 4.40. The first kappa shape index (κ1) is 12.3. The predicted octanol–water partition coefficient (Wildman–Crippen LogP) is 1.59. The molecule has 2 rings (SSSR count). The van der Waals surface area contributed by atoms with Gasteiger partial charge in [-0.2, -0.15) is 0 Å². The Hall–Kier alpha value is -1.13. The monoisotopic (exact) mass is 235 g/mol. The summed E-state index contributed by atoms with van der Waals surface area (Å²) >= 11 is 0. The summed E-state index contributed by atoms with van der Waals surface area (Å²) in [6, 6.07) is 4.56. The average Bonchev–Trinajstić information content (AvgIpc) is 2.67. The van der Waals surface area contributed by atoms with E-state index < -0.39 is 0 Å². The summed E-state index contributed by atoms with van der Waals surface area (Å²) < 4.78 is 5.45. The Labute approximate surface area is 103 Å². The Kier molecular flexibility index (Phi) is 4.34. The first-order chi connectivity index (χ1) is 8.31. The van der Waals surface area contributed by atoms with Crippen molar-refractivity contribution in [1.29, 1.82) is 0 Å². The fraction of sp³-hybridized carbons (Fsp3) is 0.615. The van der Waals surface area contributed by atoms with Crippen LogP contribution in [0.15, 0.2) is 18.3 Å². The fourth-order valence-electron chi connectivity index (χ4n) is 1.99. The fourth-order valence-corrected chi connectivity index (χ4v) is 1.99. The number of nitrogens with one attached hydrogen (secondary N) is 1. The number of anilines is 1. The Morgan fingerprint density at radius 3 is 2.94 bits per heavy atom. The number of hydrogen-bond acceptors (Lipinski definition) is 4. The van der Waals surface area contributed by atoms with Crippen molar-refractivity contribution in [3.63, 3.8) is 0 Å². The lowest BCUT2D eigenvalue weighted by molar-refractivity contribution is 0.152. The van der Waals surface area contributed by atoms with Crippen LogP contribution < -0.4 is 10.2 Å². The van der Waals surface area contributed by atoms with Gasteiger partial charge in [0.15, 0.2) is 0 Å². The molecule has 0 saturated carbocycles. The van der Waals surface area contributed by atoms with Crippen molar-refractivity contribution >= 4 is 5.69 Å². The highest BCUT2D eigenvalue weighted by molar-refractivity contribution is 5.44. The highest BCUT2D eigenvalue weighted by Gasteiger charge is 2.11. The van der Waals surface area contributed by atoms with Crippen molar-refractivity contribution in [3.05, 3.63) is 24.0 Å². The Morgan fingerprint density at radius 2 is 2.24 bits per heavy atom. The summed E-state index contributed by atoms with van der Waals surface area (Å²) in [7, 11) is 1.95. The van der Waals surface area contributed by atoms with E-state index in [1.165, 1.54) is 5.69 Å². The lowest BCUT2D eigenvalue weighted by Crippen LogP contribution is -2.26. The molecule has 94 valence electrons. The van der Waals surface area contributed by atoms with Gasteiger partial charge >= 0.3 is 0 Å². The minimum atomic E-state index is 0.302. The smallest absolute Gasteiger partial charge is 0.0641 e. The van der Waals surface area contributed by atoms with Crippen LogP contribution in [0.3, 0.4) is 0 Å². The summed E-state index contributed by atoms with van der Waals surface area (Å²) in [6.07, 6.45) is 3.06. The maximum atomic E-state index is 5.45. The van der Waals surface area contributed by atoms with Gasteiger partial charge in [-0.15, -0.1) is 0 Å². The molecule has 1 aromatic rings. The molecule has 0 radical (unpaired) electrons. The van der Waals surface area contributed by atoms with E-state index in [1.807, 2.05) is 13.2 Å². The van der Waals surface area contributed by atoms with E-state index in [4.69, 9.17) is 4.74 Å². The predicted molar refractivity (Wildman–Crippen MR) is 69.4 cm³/mol. The van der Waals surface area contributed by atoms with Crippen molar-refractivity contribution in [2.75, 3.05) is 38.3 Å². The topological polar surface area (TPSA) is 37.4 Å².